The fourth-order valence-corrected chi connectivity index (χ4v) is 2.59. The van der Waals surface area contributed by atoms with Crippen LogP contribution in [0.25, 0.3) is 22.3 Å². The van der Waals surface area contributed by atoms with Crippen LogP contribution < -0.4 is 5.32 Å². The van der Waals surface area contributed by atoms with Crippen molar-refractivity contribution in [1.29, 1.82) is 0 Å². The first-order valence-electron chi connectivity index (χ1n) is 6.96. The molecule has 0 radical (unpaired) electrons. The van der Waals surface area contributed by atoms with Gasteiger partial charge in [-0.2, -0.15) is 0 Å². The molecule has 0 aliphatic rings. The molecule has 0 amide bonds. The number of aromatic nitrogens is 4. The molecule has 0 aliphatic heterocycles. The summed E-state index contributed by atoms with van der Waals surface area (Å²) in [5.74, 6) is -3.11. The molecule has 124 valence electrons. The number of anilines is 1. The van der Waals surface area contributed by atoms with E-state index in [1.165, 1.54) is 0 Å². The van der Waals surface area contributed by atoms with Crippen molar-refractivity contribution < 1.29 is 13.2 Å². The highest BCUT2D eigenvalue weighted by molar-refractivity contribution is 6.38. The molecular formula is C15H11ClF3N5. The Kier molecular flexibility index (Phi) is 4.23. The number of benzene rings is 1. The van der Waals surface area contributed by atoms with Gasteiger partial charge in [0.05, 0.1) is 16.1 Å². The second kappa shape index (κ2) is 6.20. The summed E-state index contributed by atoms with van der Waals surface area (Å²) in [4.78, 5) is 8.15. The van der Waals surface area contributed by atoms with Gasteiger partial charge in [-0.1, -0.05) is 11.6 Å². The van der Waals surface area contributed by atoms with E-state index in [4.69, 9.17) is 11.6 Å². The van der Waals surface area contributed by atoms with Crippen LogP contribution in [0.3, 0.4) is 0 Å². The van der Waals surface area contributed by atoms with E-state index < -0.39 is 23.0 Å². The topological polar surface area (TPSA) is 63.6 Å². The molecule has 1 aromatic carbocycles. The minimum Gasteiger partial charge on any atom is -0.367 e. The van der Waals surface area contributed by atoms with Crippen molar-refractivity contribution in [3.8, 4) is 11.1 Å². The molecule has 9 heteroatoms. The molecule has 0 bridgehead atoms. The highest BCUT2D eigenvalue weighted by atomic mass is 35.5. The molecular weight excluding hydrogens is 343 g/mol. The van der Waals surface area contributed by atoms with Crippen molar-refractivity contribution in [3.05, 3.63) is 40.9 Å². The largest absolute Gasteiger partial charge is 0.367 e. The molecule has 0 spiro atoms. The fraction of sp³-hybridized carbons (Fsp3) is 0.200. The summed E-state index contributed by atoms with van der Waals surface area (Å²) < 4.78 is 41.7. The zero-order chi connectivity index (χ0) is 17.4. The van der Waals surface area contributed by atoms with E-state index in [2.05, 4.69) is 25.5 Å². The Labute approximate surface area is 139 Å². The van der Waals surface area contributed by atoms with Gasteiger partial charge in [0.2, 0.25) is 5.65 Å². The molecule has 0 atom stereocenters. The van der Waals surface area contributed by atoms with Crippen molar-refractivity contribution in [2.75, 3.05) is 5.32 Å². The van der Waals surface area contributed by atoms with E-state index in [-0.39, 0.29) is 33.6 Å². The maximum Gasteiger partial charge on any atom is 0.204 e. The lowest BCUT2D eigenvalue weighted by molar-refractivity contribution is 0.548. The Hall–Kier alpha value is -2.48. The number of halogens is 4. The van der Waals surface area contributed by atoms with Gasteiger partial charge in [0, 0.05) is 18.2 Å². The second-order valence-electron chi connectivity index (χ2n) is 5.33. The van der Waals surface area contributed by atoms with Gasteiger partial charge in [-0.05, 0) is 13.8 Å². The Morgan fingerprint density at radius 3 is 2.38 bits per heavy atom. The van der Waals surface area contributed by atoms with Gasteiger partial charge in [0.1, 0.15) is 35.1 Å². The highest BCUT2D eigenvalue weighted by Crippen LogP contribution is 2.40. The molecule has 24 heavy (non-hydrogen) atoms. The van der Waals surface area contributed by atoms with Crippen molar-refractivity contribution in [2.24, 2.45) is 0 Å². The Balaban J connectivity index is 2.39. The molecule has 0 saturated heterocycles. The van der Waals surface area contributed by atoms with Crippen LogP contribution in [0.2, 0.25) is 5.02 Å². The summed E-state index contributed by atoms with van der Waals surface area (Å²) in [6.45, 7) is 3.63. The van der Waals surface area contributed by atoms with Crippen LogP contribution in [0.4, 0.5) is 19.0 Å². The molecule has 0 fully saturated rings. The zero-order valence-corrected chi connectivity index (χ0v) is 13.4. The van der Waals surface area contributed by atoms with Crippen LogP contribution in [0.1, 0.15) is 13.8 Å². The minimum absolute atomic E-state index is 0.0478. The third kappa shape index (κ3) is 2.84. The van der Waals surface area contributed by atoms with Crippen molar-refractivity contribution in [3.63, 3.8) is 0 Å². The predicted octanol–water partition coefficient (Wildman–Crippen LogP) is 3.98. The quantitative estimate of drug-likeness (QED) is 0.771. The van der Waals surface area contributed by atoms with Gasteiger partial charge >= 0.3 is 0 Å². The van der Waals surface area contributed by atoms with Crippen LogP contribution in [0.5, 0.6) is 0 Å². The number of fused-ring (bicyclic) bond motifs is 1. The average Bonchev–Trinajstić information content (AvgIpc) is 2.49. The summed E-state index contributed by atoms with van der Waals surface area (Å²) >= 11 is 6.31. The van der Waals surface area contributed by atoms with Gasteiger partial charge in [0.15, 0.2) is 0 Å². The lowest BCUT2D eigenvalue weighted by Crippen LogP contribution is -2.13. The lowest BCUT2D eigenvalue weighted by Gasteiger charge is -2.17. The van der Waals surface area contributed by atoms with E-state index in [0.717, 1.165) is 6.33 Å². The van der Waals surface area contributed by atoms with E-state index in [1.807, 2.05) is 13.8 Å². The summed E-state index contributed by atoms with van der Waals surface area (Å²) in [6, 6.07) is 1.05. The first-order chi connectivity index (χ1) is 11.4. The van der Waals surface area contributed by atoms with Crippen molar-refractivity contribution in [2.45, 2.75) is 19.9 Å². The summed E-state index contributed by atoms with van der Waals surface area (Å²) in [7, 11) is 0. The summed E-state index contributed by atoms with van der Waals surface area (Å²) in [6.07, 6.45) is 1.15. The molecule has 0 saturated carbocycles. The van der Waals surface area contributed by atoms with Crippen LogP contribution in [0.15, 0.2) is 18.5 Å². The molecule has 0 aliphatic carbocycles. The molecule has 3 rings (SSSR count). The van der Waals surface area contributed by atoms with E-state index >= 15 is 0 Å². The van der Waals surface area contributed by atoms with E-state index in [0.29, 0.717) is 12.1 Å². The smallest absolute Gasteiger partial charge is 0.204 e. The molecule has 3 aromatic rings. The number of nitrogens with zero attached hydrogens (tertiary/aromatic N) is 4. The van der Waals surface area contributed by atoms with Gasteiger partial charge in [-0.15, -0.1) is 10.2 Å². The molecule has 2 aromatic heterocycles. The highest BCUT2D eigenvalue weighted by Gasteiger charge is 2.24. The molecule has 0 unspecified atom stereocenters. The van der Waals surface area contributed by atoms with Crippen LogP contribution in [0, 0.1) is 17.5 Å². The minimum atomic E-state index is -1.09. The molecule has 2 heterocycles. The van der Waals surface area contributed by atoms with Crippen molar-refractivity contribution >= 4 is 28.6 Å². The first kappa shape index (κ1) is 16.4. The Morgan fingerprint density at radius 2 is 1.75 bits per heavy atom. The molecule has 5 nitrogen and oxygen atoms in total. The zero-order valence-electron chi connectivity index (χ0n) is 12.6. The number of nitrogens with one attached hydrogen (secondary N) is 1. The summed E-state index contributed by atoms with van der Waals surface area (Å²) in [5.41, 5.74) is -0.276. The predicted molar refractivity (Wildman–Crippen MR) is 84.2 cm³/mol. The van der Waals surface area contributed by atoms with E-state index in [1.54, 1.807) is 0 Å². The third-order valence-electron chi connectivity index (χ3n) is 3.17. The average molecular weight is 354 g/mol. The van der Waals surface area contributed by atoms with Gasteiger partial charge in [-0.25, -0.2) is 23.1 Å². The van der Waals surface area contributed by atoms with Crippen LogP contribution >= 0.6 is 11.6 Å². The standard InChI is InChI=1S/C15H11ClF3N5/c1-6(2)22-14-11(10-8(18)3-7(17)4-9(10)19)12(16)13-15(23-14)24-21-5-20-13/h3-6H,1-2H3,(H,22,23,24). The number of hydrogen-bond acceptors (Lipinski definition) is 5. The fourth-order valence-electron chi connectivity index (χ4n) is 2.27. The number of pyridine rings is 1. The summed E-state index contributed by atoms with van der Waals surface area (Å²) in [5, 5.41) is 10.3. The maximum atomic E-state index is 14.3. The maximum absolute atomic E-state index is 14.3. The monoisotopic (exact) mass is 353 g/mol. The second-order valence-corrected chi connectivity index (χ2v) is 5.70. The Morgan fingerprint density at radius 1 is 1.08 bits per heavy atom. The Bertz CT molecular complexity index is 909. The SMILES string of the molecule is CC(C)Nc1nc2nncnc2c(Cl)c1-c1c(F)cc(F)cc1F. The first-order valence-corrected chi connectivity index (χ1v) is 7.34. The third-order valence-corrected chi connectivity index (χ3v) is 3.53. The number of hydrogen-bond donors (Lipinski definition) is 1. The van der Waals surface area contributed by atoms with Crippen LogP contribution in [-0.4, -0.2) is 26.2 Å². The lowest BCUT2D eigenvalue weighted by atomic mass is 10.0. The van der Waals surface area contributed by atoms with E-state index in [9.17, 15) is 13.2 Å². The number of rotatable bonds is 3. The van der Waals surface area contributed by atoms with Gasteiger partial charge in [-0.3, -0.25) is 0 Å². The van der Waals surface area contributed by atoms with Gasteiger partial charge < -0.3 is 5.32 Å². The van der Waals surface area contributed by atoms with Crippen LogP contribution in [-0.2, 0) is 0 Å². The van der Waals surface area contributed by atoms with Crippen molar-refractivity contribution in [1.82, 2.24) is 20.2 Å². The molecule has 1 N–H and O–H groups in total. The normalized spacial score (nSPS) is 11.3. The van der Waals surface area contributed by atoms with Gasteiger partial charge in [0.25, 0.3) is 0 Å².